The molecule has 2 aromatic carbocycles. The van der Waals surface area contributed by atoms with Crippen LogP contribution in [0.5, 0.6) is 0 Å². The lowest BCUT2D eigenvalue weighted by atomic mass is 10.2. The summed E-state index contributed by atoms with van der Waals surface area (Å²) >= 11 is 0. The normalized spacial score (nSPS) is 11.6. The van der Waals surface area contributed by atoms with Crippen molar-refractivity contribution in [3.63, 3.8) is 0 Å². The van der Waals surface area contributed by atoms with Gasteiger partial charge in [-0.2, -0.15) is 4.98 Å². The summed E-state index contributed by atoms with van der Waals surface area (Å²) in [6, 6.07) is 21.5. The summed E-state index contributed by atoms with van der Waals surface area (Å²) in [5.41, 5.74) is 1.84. The second kappa shape index (κ2) is 8.75. The summed E-state index contributed by atoms with van der Waals surface area (Å²) in [6.07, 6.45) is 6.84. The molecule has 7 heteroatoms. The fourth-order valence-electron chi connectivity index (χ4n) is 2.81. The topological polar surface area (TPSA) is 85.1 Å². The molecule has 6 nitrogen and oxygen atoms in total. The van der Waals surface area contributed by atoms with Crippen LogP contribution in [0.3, 0.4) is 0 Å². The number of hydrogen-bond donors (Lipinski definition) is 1. The highest BCUT2D eigenvalue weighted by molar-refractivity contribution is 7.91. The second-order valence-corrected chi connectivity index (χ2v) is 8.33. The first-order valence-electron chi connectivity index (χ1n) is 9.30. The van der Waals surface area contributed by atoms with E-state index in [0.29, 0.717) is 6.54 Å². The van der Waals surface area contributed by atoms with Crippen LogP contribution in [0.15, 0.2) is 99.5 Å². The minimum atomic E-state index is -3.85. The maximum atomic E-state index is 13.2. The molecule has 150 valence electrons. The lowest BCUT2D eigenvalue weighted by Gasteiger charge is -2.06. The molecule has 4 rings (SSSR count). The van der Waals surface area contributed by atoms with Gasteiger partial charge < -0.3 is 9.73 Å². The molecule has 0 bridgehead atoms. The molecule has 0 aliphatic carbocycles. The van der Waals surface area contributed by atoms with Crippen molar-refractivity contribution in [2.75, 3.05) is 5.32 Å². The van der Waals surface area contributed by atoms with Crippen LogP contribution in [-0.4, -0.2) is 18.4 Å². The molecule has 0 atom stereocenters. The van der Waals surface area contributed by atoms with Gasteiger partial charge in [0.05, 0.1) is 4.90 Å². The molecular weight excluding hydrogens is 398 g/mol. The van der Waals surface area contributed by atoms with Gasteiger partial charge in [0.2, 0.25) is 26.6 Å². The molecule has 4 aromatic rings. The zero-order valence-electron chi connectivity index (χ0n) is 16.0. The van der Waals surface area contributed by atoms with Gasteiger partial charge >= 0.3 is 0 Å². The Bertz CT molecular complexity index is 1240. The van der Waals surface area contributed by atoms with E-state index in [1.165, 1.54) is 12.1 Å². The van der Waals surface area contributed by atoms with Crippen molar-refractivity contribution < 1.29 is 12.8 Å². The van der Waals surface area contributed by atoms with Crippen molar-refractivity contribution in [3.05, 3.63) is 102 Å². The monoisotopic (exact) mass is 417 g/mol. The zero-order chi connectivity index (χ0) is 20.8. The van der Waals surface area contributed by atoms with Crippen LogP contribution in [0.2, 0.25) is 0 Å². The molecule has 0 amide bonds. The summed E-state index contributed by atoms with van der Waals surface area (Å²) < 4.78 is 32.1. The Hall–Kier alpha value is -3.71. The Morgan fingerprint density at radius 1 is 0.900 bits per heavy atom. The average Bonchev–Trinajstić information content (AvgIpc) is 3.22. The quantitative estimate of drug-likeness (QED) is 0.470. The van der Waals surface area contributed by atoms with Crippen molar-refractivity contribution in [3.8, 4) is 0 Å². The van der Waals surface area contributed by atoms with E-state index in [1.807, 2.05) is 48.5 Å². The Balaban J connectivity index is 1.69. The standard InChI is InChI=1S/C23H19N3O3S/c27-30(28,20-11-5-2-6-12-20)23-22(25-17-19-10-7-15-24-16-19)29-21(26-23)14-13-18-8-3-1-4-9-18/h1-16,25H,17H2/b14-13+. The molecule has 0 radical (unpaired) electrons. The first-order chi connectivity index (χ1) is 14.6. The maximum Gasteiger partial charge on any atom is 0.234 e. The van der Waals surface area contributed by atoms with E-state index in [1.54, 1.807) is 36.7 Å². The molecule has 0 unspecified atom stereocenters. The predicted molar refractivity (Wildman–Crippen MR) is 115 cm³/mol. The first-order valence-corrected chi connectivity index (χ1v) is 10.8. The minimum Gasteiger partial charge on any atom is -0.420 e. The van der Waals surface area contributed by atoms with Crippen molar-refractivity contribution in [2.45, 2.75) is 16.5 Å². The summed E-state index contributed by atoms with van der Waals surface area (Å²) in [5.74, 6) is 0.289. The molecule has 0 saturated carbocycles. The smallest absolute Gasteiger partial charge is 0.234 e. The van der Waals surface area contributed by atoms with E-state index >= 15 is 0 Å². The highest BCUT2D eigenvalue weighted by Gasteiger charge is 2.27. The Kier molecular flexibility index (Phi) is 5.72. The Labute approximate surface area is 174 Å². The van der Waals surface area contributed by atoms with Gasteiger partial charge in [-0.1, -0.05) is 54.6 Å². The van der Waals surface area contributed by atoms with Crippen LogP contribution in [0.25, 0.3) is 12.2 Å². The number of aromatic nitrogens is 2. The lowest BCUT2D eigenvalue weighted by molar-refractivity contribution is 0.554. The molecule has 1 N–H and O–H groups in total. The minimum absolute atomic E-state index is 0.0930. The number of hydrogen-bond acceptors (Lipinski definition) is 6. The van der Waals surface area contributed by atoms with Gasteiger partial charge in [0.25, 0.3) is 0 Å². The number of benzene rings is 2. The van der Waals surface area contributed by atoms with Crippen LogP contribution >= 0.6 is 0 Å². The van der Waals surface area contributed by atoms with Gasteiger partial charge in [0.1, 0.15) is 0 Å². The molecule has 0 aliphatic heterocycles. The summed E-state index contributed by atoms with van der Waals surface area (Å²) in [5, 5.41) is 2.89. The molecule has 0 aliphatic rings. The van der Waals surface area contributed by atoms with Crippen LogP contribution in [0.1, 0.15) is 17.0 Å². The molecule has 30 heavy (non-hydrogen) atoms. The SMILES string of the molecule is O=S(=O)(c1ccccc1)c1nc(/C=C/c2ccccc2)oc1NCc1cccnc1. The van der Waals surface area contributed by atoms with Crippen molar-refractivity contribution in [2.24, 2.45) is 0 Å². The molecule has 0 saturated heterocycles. The molecule has 0 spiro atoms. The third kappa shape index (κ3) is 4.47. The van der Waals surface area contributed by atoms with E-state index in [9.17, 15) is 8.42 Å². The molecule has 2 aromatic heterocycles. The third-order valence-corrected chi connectivity index (χ3v) is 5.99. The number of rotatable bonds is 7. The van der Waals surface area contributed by atoms with E-state index in [0.717, 1.165) is 11.1 Å². The van der Waals surface area contributed by atoms with Crippen LogP contribution in [0.4, 0.5) is 5.88 Å². The highest BCUT2D eigenvalue weighted by Crippen LogP contribution is 2.29. The lowest BCUT2D eigenvalue weighted by Crippen LogP contribution is -2.07. The van der Waals surface area contributed by atoms with Gasteiger partial charge in [-0.25, -0.2) is 8.42 Å². The predicted octanol–water partition coefficient (Wildman–Crippen LogP) is 4.68. The third-order valence-electron chi connectivity index (χ3n) is 4.31. The zero-order valence-corrected chi connectivity index (χ0v) is 16.8. The van der Waals surface area contributed by atoms with E-state index < -0.39 is 9.84 Å². The number of nitrogens with zero attached hydrogens (tertiary/aromatic N) is 2. The molecule has 0 fully saturated rings. The number of sulfone groups is 1. The summed E-state index contributed by atoms with van der Waals surface area (Å²) in [6.45, 7) is 0.349. The number of pyridine rings is 1. The average molecular weight is 417 g/mol. The highest BCUT2D eigenvalue weighted by atomic mass is 32.2. The second-order valence-electron chi connectivity index (χ2n) is 6.46. The van der Waals surface area contributed by atoms with Crippen molar-refractivity contribution in [1.82, 2.24) is 9.97 Å². The van der Waals surface area contributed by atoms with E-state index in [-0.39, 0.29) is 21.7 Å². The van der Waals surface area contributed by atoms with E-state index in [2.05, 4.69) is 15.3 Å². The molecular formula is C23H19N3O3S. The first kappa shape index (κ1) is 19.6. The van der Waals surface area contributed by atoms with E-state index in [4.69, 9.17) is 4.42 Å². The van der Waals surface area contributed by atoms with Crippen LogP contribution in [-0.2, 0) is 16.4 Å². The Morgan fingerprint density at radius 2 is 1.63 bits per heavy atom. The summed E-state index contributed by atoms with van der Waals surface area (Å²) in [4.78, 5) is 8.49. The number of oxazole rings is 1. The van der Waals surface area contributed by atoms with Crippen molar-refractivity contribution in [1.29, 1.82) is 0 Å². The Morgan fingerprint density at radius 3 is 2.33 bits per heavy atom. The fraction of sp³-hybridized carbons (Fsp3) is 0.0435. The maximum absolute atomic E-state index is 13.2. The van der Waals surface area contributed by atoms with Gasteiger partial charge in [-0.15, -0.1) is 0 Å². The van der Waals surface area contributed by atoms with Gasteiger partial charge in [0.15, 0.2) is 0 Å². The van der Waals surface area contributed by atoms with Gasteiger partial charge in [-0.05, 0) is 35.4 Å². The van der Waals surface area contributed by atoms with Gasteiger partial charge in [-0.3, -0.25) is 4.98 Å². The fourth-order valence-corrected chi connectivity index (χ4v) is 4.12. The largest absolute Gasteiger partial charge is 0.420 e. The van der Waals surface area contributed by atoms with Crippen molar-refractivity contribution >= 4 is 27.9 Å². The van der Waals surface area contributed by atoms with Crippen LogP contribution in [0, 0.1) is 0 Å². The molecule has 2 heterocycles. The number of anilines is 1. The van der Waals surface area contributed by atoms with Crippen LogP contribution < -0.4 is 5.32 Å². The van der Waals surface area contributed by atoms with Gasteiger partial charge in [0, 0.05) is 25.0 Å². The number of nitrogens with one attached hydrogen (secondary N) is 1. The summed E-state index contributed by atoms with van der Waals surface area (Å²) in [7, 11) is -3.85.